The minimum absolute atomic E-state index is 0.178. The Morgan fingerprint density at radius 3 is 2.24 bits per heavy atom. The SMILES string of the molecule is C=C\C(F)=C/C(=C/C=C(/c1cnc(-c2cnc(C)nc2)nc1)N(C)C)[C@@H](C)Nc1ccc(C)nc1C(F)F. The van der Waals surface area contributed by atoms with Gasteiger partial charge in [-0.15, -0.1) is 0 Å². The largest absolute Gasteiger partial charge is 0.377 e. The smallest absolute Gasteiger partial charge is 0.282 e. The van der Waals surface area contributed by atoms with Crippen LogP contribution in [0.25, 0.3) is 17.1 Å². The van der Waals surface area contributed by atoms with Crippen molar-refractivity contribution in [3.63, 3.8) is 0 Å². The van der Waals surface area contributed by atoms with Crippen molar-refractivity contribution in [2.45, 2.75) is 33.2 Å². The predicted octanol–water partition coefficient (Wildman–Crippen LogP) is 6.25. The van der Waals surface area contributed by atoms with Crippen LogP contribution in [0.2, 0.25) is 0 Å². The fourth-order valence-electron chi connectivity index (χ4n) is 3.51. The summed E-state index contributed by atoms with van der Waals surface area (Å²) in [5, 5.41) is 3.04. The number of rotatable bonds is 10. The van der Waals surface area contributed by atoms with Crippen LogP contribution in [-0.4, -0.2) is 50.0 Å². The lowest BCUT2D eigenvalue weighted by Gasteiger charge is -2.20. The molecule has 0 aliphatic heterocycles. The molecule has 7 nitrogen and oxygen atoms in total. The summed E-state index contributed by atoms with van der Waals surface area (Å²) in [6.45, 7) is 8.65. The molecule has 198 valence electrons. The van der Waals surface area contributed by atoms with Gasteiger partial charge in [0, 0.05) is 61.9 Å². The van der Waals surface area contributed by atoms with Crippen molar-refractivity contribution in [1.29, 1.82) is 0 Å². The number of aryl methyl sites for hydroxylation is 2. The number of pyridine rings is 1. The second kappa shape index (κ2) is 12.8. The number of hydrogen-bond acceptors (Lipinski definition) is 7. The first-order valence-electron chi connectivity index (χ1n) is 11.8. The number of alkyl halides is 2. The van der Waals surface area contributed by atoms with Crippen molar-refractivity contribution in [1.82, 2.24) is 29.8 Å². The summed E-state index contributed by atoms with van der Waals surface area (Å²) >= 11 is 0. The fourth-order valence-corrected chi connectivity index (χ4v) is 3.51. The molecule has 0 spiro atoms. The molecule has 3 heterocycles. The lowest BCUT2D eigenvalue weighted by atomic mass is 10.1. The molecule has 0 unspecified atom stereocenters. The highest BCUT2D eigenvalue weighted by molar-refractivity contribution is 5.66. The summed E-state index contributed by atoms with van der Waals surface area (Å²) in [7, 11) is 3.71. The first-order valence-corrected chi connectivity index (χ1v) is 11.8. The third kappa shape index (κ3) is 7.34. The van der Waals surface area contributed by atoms with Gasteiger partial charge in [0.1, 0.15) is 17.3 Å². The molecule has 0 fully saturated rings. The van der Waals surface area contributed by atoms with E-state index in [0.29, 0.717) is 28.5 Å². The lowest BCUT2D eigenvalue weighted by molar-refractivity contribution is 0.146. The Hall–Kier alpha value is -4.34. The zero-order valence-electron chi connectivity index (χ0n) is 22.0. The molecule has 0 saturated carbocycles. The molecule has 38 heavy (non-hydrogen) atoms. The van der Waals surface area contributed by atoms with E-state index in [4.69, 9.17) is 0 Å². The summed E-state index contributed by atoms with van der Waals surface area (Å²) in [6, 6.07) is 2.65. The normalized spacial score (nSPS) is 13.4. The van der Waals surface area contributed by atoms with Crippen molar-refractivity contribution in [2.75, 3.05) is 19.4 Å². The van der Waals surface area contributed by atoms with Gasteiger partial charge in [0.25, 0.3) is 6.43 Å². The van der Waals surface area contributed by atoms with E-state index in [-0.39, 0.29) is 11.4 Å². The fraction of sp³-hybridized carbons (Fsp3) is 0.250. The standard InChI is InChI=1S/C28H30F3N7/c1-7-23(29)12-20(18(3)37-24-10-8-17(2)36-26(24)27(30)31)9-11-25(38(5)6)21-13-34-28(35-14-21)22-15-32-19(4)33-16-22/h7-16,18,27,37H,1H2,2-6H3/b20-9-,23-12+,25-11-/t18-/m1/s1. The summed E-state index contributed by atoms with van der Waals surface area (Å²) in [5.74, 6) is 0.577. The molecule has 0 bridgehead atoms. The van der Waals surface area contributed by atoms with Crippen LogP contribution in [-0.2, 0) is 0 Å². The van der Waals surface area contributed by atoms with E-state index < -0.39 is 18.3 Å². The maximum Gasteiger partial charge on any atom is 0.282 e. The number of halogens is 3. The Morgan fingerprint density at radius 1 is 1.00 bits per heavy atom. The highest BCUT2D eigenvalue weighted by atomic mass is 19.3. The third-order valence-corrected chi connectivity index (χ3v) is 5.54. The second-order valence-electron chi connectivity index (χ2n) is 8.71. The lowest BCUT2D eigenvalue weighted by Crippen LogP contribution is -2.19. The topological polar surface area (TPSA) is 79.7 Å². The van der Waals surface area contributed by atoms with Gasteiger partial charge < -0.3 is 10.2 Å². The van der Waals surface area contributed by atoms with E-state index in [2.05, 4.69) is 36.8 Å². The zero-order valence-corrected chi connectivity index (χ0v) is 22.0. The van der Waals surface area contributed by atoms with Crippen molar-refractivity contribution < 1.29 is 13.2 Å². The first-order chi connectivity index (χ1) is 18.1. The molecule has 1 atom stereocenters. The predicted molar refractivity (Wildman–Crippen MR) is 144 cm³/mol. The van der Waals surface area contributed by atoms with Crippen LogP contribution in [0.3, 0.4) is 0 Å². The molecule has 10 heteroatoms. The molecule has 0 aliphatic rings. The Kier molecular flexibility index (Phi) is 9.48. The zero-order chi connectivity index (χ0) is 27.8. The van der Waals surface area contributed by atoms with Gasteiger partial charge >= 0.3 is 0 Å². The third-order valence-electron chi connectivity index (χ3n) is 5.54. The van der Waals surface area contributed by atoms with Crippen LogP contribution < -0.4 is 5.32 Å². The quantitative estimate of drug-likeness (QED) is 0.316. The van der Waals surface area contributed by atoms with E-state index in [1.54, 1.807) is 69.8 Å². The van der Waals surface area contributed by atoms with Crippen molar-refractivity contribution in [2.24, 2.45) is 0 Å². The maximum atomic E-state index is 14.3. The van der Waals surface area contributed by atoms with Gasteiger partial charge in [-0.05, 0) is 56.7 Å². The Morgan fingerprint density at radius 2 is 1.66 bits per heavy atom. The Bertz CT molecular complexity index is 1350. The van der Waals surface area contributed by atoms with Crippen LogP contribution in [0.5, 0.6) is 0 Å². The summed E-state index contributed by atoms with van der Waals surface area (Å²) in [5.41, 5.74) is 2.96. The molecule has 0 amide bonds. The van der Waals surface area contributed by atoms with Crippen molar-refractivity contribution in [3.05, 3.63) is 102 Å². The Labute approximate surface area is 220 Å². The van der Waals surface area contributed by atoms with Crippen LogP contribution in [0, 0.1) is 13.8 Å². The van der Waals surface area contributed by atoms with Gasteiger partial charge in [0.2, 0.25) is 0 Å². The molecule has 0 saturated heterocycles. The molecular weight excluding hydrogens is 491 g/mol. The maximum absolute atomic E-state index is 14.3. The number of anilines is 1. The highest BCUT2D eigenvalue weighted by Gasteiger charge is 2.18. The average Bonchev–Trinajstić information content (AvgIpc) is 2.89. The van der Waals surface area contributed by atoms with Crippen molar-refractivity contribution >= 4 is 11.4 Å². The number of nitrogens with one attached hydrogen (secondary N) is 1. The van der Waals surface area contributed by atoms with E-state index in [0.717, 1.165) is 17.3 Å². The van der Waals surface area contributed by atoms with Gasteiger partial charge in [-0.1, -0.05) is 12.7 Å². The number of nitrogens with zero attached hydrogens (tertiary/aromatic N) is 6. The summed E-state index contributed by atoms with van der Waals surface area (Å²) < 4.78 is 41.4. The first kappa shape index (κ1) is 28.2. The van der Waals surface area contributed by atoms with Gasteiger partial charge in [-0.25, -0.2) is 38.1 Å². The van der Waals surface area contributed by atoms with E-state index in [9.17, 15) is 13.2 Å². The second-order valence-corrected chi connectivity index (χ2v) is 8.71. The monoisotopic (exact) mass is 521 g/mol. The molecule has 0 aromatic carbocycles. The number of aromatic nitrogens is 5. The van der Waals surface area contributed by atoms with Gasteiger partial charge in [-0.2, -0.15) is 0 Å². The van der Waals surface area contributed by atoms with Gasteiger partial charge in [0.05, 0.1) is 11.3 Å². The van der Waals surface area contributed by atoms with Crippen LogP contribution in [0.4, 0.5) is 18.9 Å². The highest BCUT2D eigenvalue weighted by Crippen LogP contribution is 2.27. The van der Waals surface area contributed by atoms with Gasteiger partial charge in [-0.3, -0.25) is 0 Å². The van der Waals surface area contributed by atoms with Crippen LogP contribution >= 0.6 is 0 Å². The van der Waals surface area contributed by atoms with Crippen LogP contribution in [0.1, 0.15) is 36.1 Å². The minimum atomic E-state index is -2.76. The average molecular weight is 522 g/mol. The summed E-state index contributed by atoms with van der Waals surface area (Å²) in [6.07, 6.45) is 9.79. The van der Waals surface area contributed by atoms with E-state index in [1.807, 2.05) is 19.0 Å². The Balaban J connectivity index is 1.96. The summed E-state index contributed by atoms with van der Waals surface area (Å²) in [4.78, 5) is 23.0. The van der Waals surface area contributed by atoms with E-state index >= 15 is 0 Å². The van der Waals surface area contributed by atoms with Gasteiger partial charge in [0.15, 0.2) is 5.82 Å². The molecule has 0 radical (unpaired) electrons. The molecule has 0 aliphatic carbocycles. The number of allylic oxidation sites excluding steroid dienone is 4. The molecule has 1 N–H and O–H groups in total. The molecular formula is C28H30F3N7. The molecule has 3 aromatic heterocycles. The molecule has 3 aromatic rings. The number of hydrogen-bond donors (Lipinski definition) is 1. The van der Waals surface area contributed by atoms with Crippen molar-refractivity contribution in [3.8, 4) is 11.4 Å². The molecule has 3 rings (SSSR count). The van der Waals surface area contributed by atoms with E-state index in [1.165, 1.54) is 6.08 Å². The minimum Gasteiger partial charge on any atom is -0.377 e. The van der Waals surface area contributed by atoms with Crippen LogP contribution in [0.15, 0.2) is 79.2 Å².